The number of carbonyl (C=O) groups is 1. The highest BCUT2D eigenvalue weighted by molar-refractivity contribution is 5.77. The number of imidazole rings is 1. The zero-order chi connectivity index (χ0) is 17.5. The van der Waals surface area contributed by atoms with Gasteiger partial charge < -0.3 is 10.2 Å². The van der Waals surface area contributed by atoms with Crippen molar-refractivity contribution in [3.8, 4) is 0 Å². The molecule has 6 nitrogen and oxygen atoms in total. The number of para-hydroxylation sites is 2. The highest BCUT2D eigenvalue weighted by atomic mass is 16.2. The van der Waals surface area contributed by atoms with Gasteiger partial charge in [0.2, 0.25) is 5.91 Å². The summed E-state index contributed by atoms with van der Waals surface area (Å²) in [5.74, 6) is -0.00650. The number of hydrogen-bond acceptors (Lipinski definition) is 3. The fraction of sp³-hybridized carbons (Fsp3) is 0.556. The van der Waals surface area contributed by atoms with Gasteiger partial charge in [0, 0.05) is 26.1 Å². The Morgan fingerprint density at radius 3 is 2.33 bits per heavy atom. The number of aromatic nitrogens is 2. The fourth-order valence-corrected chi connectivity index (χ4v) is 2.85. The highest BCUT2D eigenvalue weighted by Gasteiger charge is 2.13. The van der Waals surface area contributed by atoms with Crippen LogP contribution in [0.1, 0.15) is 26.2 Å². The van der Waals surface area contributed by atoms with E-state index >= 15 is 0 Å². The van der Waals surface area contributed by atoms with Crippen LogP contribution in [0.25, 0.3) is 11.0 Å². The first-order valence-corrected chi connectivity index (χ1v) is 8.64. The summed E-state index contributed by atoms with van der Waals surface area (Å²) >= 11 is 0. The van der Waals surface area contributed by atoms with Crippen LogP contribution in [-0.2, 0) is 17.9 Å². The van der Waals surface area contributed by atoms with Gasteiger partial charge >= 0.3 is 5.69 Å². The number of nitrogens with zero attached hydrogens (tertiary/aromatic N) is 3. The summed E-state index contributed by atoms with van der Waals surface area (Å²) in [6.07, 6.45) is 2.15. The number of rotatable bonds is 9. The zero-order valence-corrected chi connectivity index (χ0v) is 14.9. The molecular weight excluding hydrogens is 304 g/mol. The van der Waals surface area contributed by atoms with Crippen LogP contribution in [0.4, 0.5) is 0 Å². The molecule has 0 atom stereocenters. The predicted octanol–water partition coefficient (Wildman–Crippen LogP) is 1.67. The molecule has 0 aliphatic carbocycles. The highest BCUT2D eigenvalue weighted by Crippen LogP contribution is 2.13. The van der Waals surface area contributed by atoms with E-state index in [9.17, 15) is 9.59 Å². The van der Waals surface area contributed by atoms with Crippen LogP contribution in [0.3, 0.4) is 0 Å². The van der Waals surface area contributed by atoms with E-state index in [-0.39, 0.29) is 11.6 Å². The summed E-state index contributed by atoms with van der Waals surface area (Å²) in [6, 6.07) is 7.77. The van der Waals surface area contributed by atoms with Crippen molar-refractivity contribution in [1.29, 1.82) is 0 Å². The first kappa shape index (κ1) is 18.3. The van der Waals surface area contributed by atoms with Crippen molar-refractivity contribution in [3.05, 3.63) is 34.7 Å². The minimum Gasteiger partial charge on any atom is -0.356 e. The smallest absolute Gasteiger partial charge is 0.329 e. The van der Waals surface area contributed by atoms with E-state index in [4.69, 9.17) is 0 Å². The summed E-state index contributed by atoms with van der Waals surface area (Å²) in [5.41, 5.74) is 1.81. The number of nitrogens with one attached hydrogen (secondary N) is 1. The predicted molar refractivity (Wildman–Crippen MR) is 97.3 cm³/mol. The lowest BCUT2D eigenvalue weighted by molar-refractivity contribution is -0.121. The van der Waals surface area contributed by atoms with Gasteiger partial charge in [-0.2, -0.15) is 0 Å². The van der Waals surface area contributed by atoms with E-state index in [1.165, 1.54) is 0 Å². The van der Waals surface area contributed by atoms with Gasteiger partial charge in [-0.25, -0.2) is 4.79 Å². The maximum atomic E-state index is 12.6. The van der Waals surface area contributed by atoms with Crippen LogP contribution in [0, 0.1) is 0 Å². The van der Waals surface area contributed by atoms with Gasteiger partial charge in [0.1, 0.15) is 0 Å². The molecule has 0 unspecified atom stereocenters. The minimum atomic E-state index is -0.0292. The van der Waals surface area contributed by atoms with Gasteiger partial charge in [0.25, 0.3) is 0 Å². The maximum Gasteiger partial charge on any atom is 0.329 e. The summed E-state index contributed by atoms with van der Waals surface area (Å²) < 4.78 is 3.51. The molecule has 1 aromatic carbocycles. The van der Waals surface area contributed by atoms with Crippen molar-refractivity contribution >= 4 is 16.9 Å². The molecule has 1 aromatic heterocycles. The Hall–Kier alpha value is -2.08. The molecule has 1 amide bonds. The second-order valence-electron chi connectivity index (χ2n) is 6.33. The lowest BCUT2D eigenvalue weighted by Crippen LogP contribution is -2.30. The number of aryl methyl sites for hydroxylation is 2. The molecule has 0 saturated heterocycles. The molecule has 0 spiro atoms. The Morgan fingerprint density at radius 1 is 1.12 bits per heavy atom. The van der Waals surface area contributed by atoms with Crippen LogP contribution in [0.2, 0.25) is 0 Å². The molecular formula is C18H28N4O2. The van der Waals surface area contributed by atoms with Crippen molar-refractivity contribution in [3.63, 3.8) is 0 Å². The van der Waals surface area contributed by atoms with Crippen molar-refractivity contribution in [2.24, 2.45) is 0 Å². The second-order valence-corrected chi connectivity index (χ2v) is 6.33. The maximum absolute atomic E-state index is 12.6. The van der Waals surface area contributed by atoms with Gasteiger partial charge in [-0.15, -0.1) is 0 Å². The van der Waals surface area contributed by atoms with Crippen LogP contribution >= 0.6 is 0 Å². The van der Waals surface area contributed by atoms with Gasteiger partial charge in [0.05, 0.1) is 11.0 Å². The normalized spacial score (nSPS) is 11.3. The van der Waals surface area contributed by atoms with Gasteiger partial charge in [-0.1, -0.05) is 19.1 Å². The third kappa shape index (κ3) is 4.47. The monoisotopic (exact) mass is 332 g/mol. The number of hydrogen-bond donors (Lipinski definition) is 1. The molecule has 0 fully saturated rings. The Bertz CT molecular complexity index is 730. The molecule has 132 valence electrons. The fourth-order valence-electron chi connectivity index (χ4n) is 2.85. The van der Waals surface area contributed by atoms with Gasteiger partial charge in [-0.05, 0) is 45.6 Å². The van der Waals surface area contributed by atoms with Crippen molar-refractivity contribution in [2.75, 3.05) is 27.2 Å². The van der Waals surface area contributed by atoms with Crippen molar-refractivity contribution < 1.29 is 4.79 Å². The number of amides is 1. The molecule has 0 radical (unpaired) electrons. The number of fused-ring (bicyclic) bond motifs is 1. The van der Waals surface area contributed by atoms with E-state index < -0.39 is 0 Å². The molecule has 2 aromatic rings. The molecule has 0 bridgehead atoms. The third-order valence-corrected chi connectivity index (χ3v) is 4.04. The van der Waals surface area contributed by atoms with Gasteiger partial charge in [0.15, 0.2) is 0 Å². The largest absolute Gasteiger partial charge is 0.356 e. The molecule has 1 N–H and O–H groups in total. The lowest BCUT2D eigenvalue weighted by atomic mass is 10.3. The number of carbonyl (C=O) groups excluding carboxylic acids is 1. The average Bonchev–Trinajstić information content (AvgIpc) is 2.82. The molecule has 0 aliphatic heterocycles. The quantitative estimate of drug-likeness (QED) is 0.711. The minimum absolute atomic E-state index is 0.00650. The standard InChI is InChI=1S/C18H28N4O2/c1-4-12-21-15-8-5-6-9-16(15)22(18(21)24)14-10-17(23)19-11-7-13-20(2)3/h5-6,8-9H,4,7,10-14H2,1-3H3,(H,19,23). The van der Waals surface area contributed by atoms with Crippen molar-refractivity contribution in [2.45, 2.75) is 39.3 Å². The van der Waals surface area contributed by atoms with E-state index in [0.29, 0.717) is 26.1 Å². The average molecular weight is 332 g/mol. The first-order chi connectivity index (χ1) is 11.5. The molecule has 1 heterocycles. The summed E-state index contributed by atoms with van der Waals surface area (Å²) in [5, 5.41) is 2.92. The summed E-state index contributed by atoms with van der Waals surface area (Å²) in [6.45, 7) is 4.78. The van der Waals surface area contributed by atoms with E-state index in [2.05, 4.69) is 17.1 Å². The molecule has 2 rings (SSSR count). The third-order valence-electron chi connectivity index (χ3n) is 4.04. The van der Waals surface area contributed by atoms with E-state index in [1.807, 2.05) is 38.4 Å². The molecule has 24 heavy (non-hydrogen) atoms. The van der Waals surface area contributed by atoms with Crippen LogP contribution in [0.5, 0.6) is 0 Å². The second kappa shape index (κ2) is 8.68. The molecule has 0 aliphatic rings. The number of benzene rings is 1. The summed E-state index contributed by atoms with van der Waals surface area (Å²) in [7, 11) is 4.03. The first-order valence-electron chi connectivity index (χ1n) is 8.64. The van der Waals surface area contributed by atoms with Crippen LogP contribution in [-0.4, -0.2) is 47.1 Å². The summed E-state index contributed by atoms with van der Waals surface area (Å²) in [4.78, 5) is 26.7. The zero-order valence-electron chi connectivity index (χ0n) is 14.9. The van der Waals surface area contributed by atoms with Crippen molar-refractivity contribution in [1.82, 2.24) is 19.4 Å². The van der Waals surface area contributed by atoms with E-state index in [1.54, 1.807) is 9.13 Å². The topological polar surface area (TPSA) is 59.3 Å². The van der Waals surface area contributed by atoms with Crippen LogP contribution in [0.15, 0.2) is 29.1 Å². The van der Waals surface area contributed by atoms with E-state index in [0.717, 1.165) is 30.4 Å². The van der Waals surface area contributed by atoms with Gasteiger partial charge in [-0.3, -0.25) is 13.9 Å². The molecule has 6 heteroatoms. The van der Waals surface area contributed by atoms with Crippen LogP contribution < -0.4 is 11.0 Å². The Kier molecular flexibility index (Phi) is 6.61. The Morgan fingerprint density at radius 2 is 1.75 bits per heavy atom. The lowest BCUT2D eigenvalue weighted by Gasteiger charge is -2.10. The molecule has 0 saturated carbocycles. The Labute approximate surface area is 143 Å². The Balaban J connectivity index is 2.01. The SMILES string of the molecule is CCCn1c(=O)n(CCC(=O)NCCCN(C)C)c2ccccc21.